The standard InChI is InChI=1S/C12H7Br2N3O4/c13-5-1-6(12(20)21)10(7(14)2-5)17-11(19)8-3-16-9(18)4-15-8/h1-4H,(H,16,18)(H,17,19)(H,20,21). The Hall–Kier alpha value is -2.00. The topological polar surface area (TPSA) is 112 Å². The molecule has 1 amide bonds. The second kappa shape index (κ2) is 6.19. The van der Waals surface area contributed by atoms with Gasteiger partial charge in [-0.15, -0.1) is 0 Å². The van der Waals surface area contributed by atoms with E-state index in [0.717, 1.165) is 12.4 Å². The molecular weight excluding hydrogens is 410 g/mol. The Morgan fingerprint density at radius 3 is 2.57 bits per heavy atom. The normalized spacial score (nSPS) is 10.2. The van der Waals surface area contributed by atoms with Gasteiger partial charge in [0, 0.05) is 15.1 Å². The van der Waals surface area contributed by atoms with Crippen LogP contribution in [-0.2, 0) is 0 Å². The summed E-state index contributed by atoms with van der Waals surface area (Å²) < 4.78 is 0.944. The number of rotatable bonds is 3. The molecule has 0 fully saturated rings. The number of aromatic carboxylic acids is 1. The van der Waals surface area contributed by atoms with Gasteiger partial charge in [-0.25, -0.2) is 9.78 Å². The summed E-state index contributed by atoms with van der Waals surface area (Å²) in [4.78, 5) is 40.1. The zero-order valence-corrected chi connectivity index (χ0v) is 13.4. The molecule has 9 heteroatoms. The van der Waals surface area contributed by atoms with Crippen molar-refractivity contribution >= 4 is 49.4 Å². The minimum Gasteiger partial charge on any atom is -0.478 e. The number of nitrogens with one attached hydrogen (secondary N) is 2. The number of nitrogens with zero attached hydrogens (tertiary/aromatic N) is 1. The van der Waals surface area contributed by atoms with E-state index in [1.807, 2.05) is 0 Å². The maximum atomic E-state index is 12.0. The van der Waals surface area contributed by atoms with Crippen LogP contribution in [0.1, 0.15) is 20.8 Å². The first-order valence-corrected chi connectivity index (χ1v) is 7.05. The van der Waals surface area contributed by atoms with Crippen LogP contribution in [0.2, 0.25) is 0 Å². The van der Waals surface area contributed by atoms with Crippen LogP contribution in [0.15, 0.2) is 38.3 Å². The van der Waals surface area contributed by atoms with E-state index in [0.29, 0.717) is 8.95 Å². The zero-order valence-electron chi connectivity index (χ0n) is 10.2. The summed E-state index contributed by atoms with van der Waals surface area (Å²) in [7, 11) is 0. The van der Waals surface area contributed by atoms with Crippen molar-refractivity contribution in [1.29, 1.82) is 0 Å². The predicted molar refractivity (Wildman–Crippen MR) is 81.6 cm³/mol. The number of aromatic nitrogens is 2. The van der Waals surface area contributed by atoms with Crippen LogP contribution in [0, 0.1) is 0 Å². The van der Waals surface area contributed by atoms with E-state index in [-0.39, 0.29) is 16.9 Å². The lowest BCUT2D eigenvalue weighted by Crippen LogP contribution is -2.19. The maximum absolute atomic E-state index is 12.0. The lowest BCUT2D eigenvalue weighted by Gasteiger charge is -2.11. The first-order chi connectivity index (χ1) is 9.88. The van der Waals surface area contributed by atoms with E-state index in [4.69, 9.17) is 0 Å². The highest BCUT2D eigenvalue weighted by Crippen LogP contribution is 2.31. The molecule has 21 heavy (non-hydrogen) atoms. The molecule has 2 aromatic rings. The summed E-state index contributed by atoms with van der Waals surface area (Å²) in [6, 6.07) is 2.96. The van der Waals surface area contributed by atoms with Gasteiger partial charge in [0.15, 0.2) is 0 Å². The van der Waals surface area contributed by atoms with E-state index in [9.17, 15) is 19.5 Å². The molecule has 1 aromatic carbocycles. The highest BCUT2D eigenvalue weighted by Gasteiger charge is 2.18. The Kier molecular flexibility index (Phi) is 4.53. The SMILES string of the molecule is O=C(Nc1c(Br)cc(Br)cc1C(=O)O)c1c[nH]c(=O)cn1. The molecule has 1 aromatic heterocycles. The number of hydrogen-bond acceptors (Lipinski definition) is 4. The Balaban J connectivity index is 2.39. The Bertz CT molecular complexity index is 768. The third-order valence-corrected chi connectivity index (χ3v) is 3.51. The van der Waals surface area contributed by atoms with E-state index in [1.165, 1.54) is 6.07 Å². The van der Waals surface area contributed by atoms with Gasteiger partial charge in [-0.2, -0.15) is 0 Å². The van der Waals surface area contributed by atoms with Gasteiger partial charge in [-0.1, -0.05) is 15.9 Å². The molecule has 0 aliphatic rings. The summed E-state index contributed by atoms with van der Waals surface area (Å²) in [5, 5.41) is 11.6. The number of carboxylic acids is 1. The Morgan fingerprint density at radius 1 is 1.29 bits per heavy atom. The second-order valence-electron chi connectivity index (χ2n) is 3.87. The predicted octanol–water partition coefficient (Wildman–Crippen LogP) is 2.25. The highest BCUT2D eigenvalue weighted by atomic mass is 79.9. The molecule has 0 radical (unpaired) electrons. The number of hydrogen-bond donors (Lipinski definition) is 3. The van der Waals surface area contributed by atoms with Gasteiger partial charge in [0.05, 0.1) is 17.4 Å². The highest BCUT2D eigenvalue weighted by molar-refractivity contribution is 9.11. The average molecular weight is 417 g/mol. The van der Waals surface area contributed by atoms with E-state index in [2.05, 4.69) is 47.1 Å². The van der Waals surface area contributed by atoms with E-state index >= 15 is 0 Å². The molecule has 3 N–H and O–H groups in total. The van der Waals surface area contributed by atoms with Gasteiger partial charge in [0.2, 0.25) is 0 Å². The van der Waals surface area contributed by atoms with Gasteiger partial charge in [-0.05, 0) is 28.1 Å². The number of anilines is 1. The second-order valence-corrected chi connectivity index (χ2v) is 5.64. The molecule has 0 unspecified atom stereocenters. The molecule has 108 valence electrons. The fourth-order valence-electron chi connectivity index (χ4n) is 1.51. The van der Waals surface area contributed by atoms with Crippen molar-refractivity contribution in [2.24, 2.45) is 0 Å². The van der Waals surface area contributed by atoms with Crippen molar-refractivity contribution in [2.75, 3.05) is 5.32 Å². The first kappa shape index (κ1) is 15.4. The fraction of sp³-hybridized carbons (Fsp3) is 0. The quantitative estimate of drug-likeness (QED) is 0.710. The molecule has 2 rings (SSSR count). The van der Waals surface area contributed by atoms with Crippen LogP contribution in [0.25, 0.3) is 0 Å². The molecular formula is C12H7Br2N3O4. The summed E-state index contributed by atoms with van der Waals surface area (Å²) in [6.45, 7) is 0. The third kappa shape index (κ3) is 3.56. The molecule has 0 spiro atoms. The van der Waals surface area contributed by atoms with Crippen molar-refractivity contribution in [1.82, 2.24) is 9.97 Å². The number of amides is 1. The fourth-order valence-corrected chi connectivity index (χ4v) is 2.84. The van der Waals surface area contributed by atoms with Crippen molar-refractivity contribution in [3.8, 4) is 0 Å². The summed E-state index contributed by atoms with van der Waals surface area (Å²) >= 11 is 6.37. The number of carbonyl (C=O) groups excluding carboxylic acids is 1. The van der Waals surface area contributed by atoms with Crippen molar-refractivity contribution in [2.45, 2.75) is 0 Å². The number of H-pyrrole nitrogens is 1. The van der Waals surface area contributed by atoms with Crippen LogP contribution in [-0.4, -0.2) is 27.0 Å². The molecule has 0 aliphatic heterocycles. The van der Waals surface area contributed by atoms with Gasteiger partial charge in [0.1, 0.15) is 5.69 Å². The monoisotopic (exact) mass is 415 g/mol. The zero-order chi connectivity index (χ0) is 15.6. The average Bonchev–Trinajstić information content (AvgIpc) is 2.41. The minimum atomic E-state index is -1.19. The number of halogens is 2. The number of carboxylic acid groups (broad SMARTS) is 1. The molecule has 1 heterocycles. The lowest BCUT2D eigenvalue weighted by molar-refractivity contribution is 0.0698. The molecule has 0 bridgehead atoms. The molecule has 7 nitrogen and oxygen atoms in total. The largest absolute Gasteiger partial charge is 0.478 e. The number of carbonyl (C=O) groups is 2. The smallest absolute Gasteiger partial charge is 0.337 e. The lowest BCUT2D eigenvalue weighted by atomic mass is 10.1. The van der Waals surface area contributed by atoms with Crippen molar-refractivity contribution in [3.05, 3.63) is 55.1 Å². The van der Waals surface area contributed by atoms with Gasteiger partial charge < -0.3 is 15.4 Å². The van der Waals surface area contributed by atoms with E-state index in [1.54, 1.807) is 6.07 Å². The van der Waals surface area contributed by atoms with Crippen LogP contribution >= 0.6 is 31.9 Å². The van der Waals surface area contributed by atoms with Gasteiger partial charge in [-0.3, -0.25) is 9.59 Å². The molecule has 0 saturated carbocycles. The first-order valence-electron chi connectivity index (χ1n) is 5.47. The Morgan fingerprint density at radius 2 is 2.00 bits per heavy atom. The van der Waals surface area contributed by atoms with Crippen molar-refractivity contribution in [3.63, 3.8) is 0 Å². The molecule has 0 aliphatic carbocycles. The summed E-state index contributed by atoms with van der Waals surface area (Å²) in [6.07, 6.45) is 2.11. The van der Waals surface area contributed by atoms with Crippen molar-refractivity contribution < 1.29 is 14.7 Å². The number of aromatic amines is 1. The number of benzene rings is 1. The van der Waals surface area contributed by atoms with Gasteiger partial charge >= 0.3 is 5.97 Å². The minimum absolute atomic E-state index is 0.0410. The maximum Gasteiger partial charge on any atom is 0.337 e. The van der Waals surface area contributed by atoms with E-state index < -0.39 is 17.4 Å². The Labute approximate surface area is 134 Å². The third-order valence-electron chi connectivity index (χ3n) is 2.43. The summed E-state index contributed by atoms with van der Waals surface area (Å²) in [5.74, 6) is -1.83. The molecule has 0 atom stereocenters. The van der Waals surface area contributed by atoms with Crippen LogP contribution in [0.5, 0.6) is 0 Å². The van der Waals surface area contributed by atoms with Gasteiger partial charge in [0.25, 0.3) is 11.5 Å². The van der Waals surface area contributed by atoms with Crippen LogP contribution in [0.4, 0.5) is 5.69 Å². The van der Waals surface area contributed by atoms with Crippen LogP contribution < -0.4 is 10.9 Å². The summed E-state index contributed by atoms with van der Waals surface area (Å²) in [5.41, 5.74) is -0.471. The van der Waals surface area contributed by atoms with Crippen LogP contribution in [0.3, 0.4) is 0 Å². The molecule has 0 saturated heterocycles.